The van der Waals surface area contributed by atoms with Crippen LogP contribution in [0.25, 0.3) is 0 Å². The molecule has 0 amide bonds. The van der Waals surface area contributed by atoms with E-state index in [1.807, 2.05) is 6.92 Å². The van der Waals surface area contributed by atoms with Crippen LogP contribution >= 0.6 is 0 Å². The van der Waals surface area contributed by atoms with Crippen LogP contribution in [0.5, 0.6) is 0 Å². The van der Waals surface area contributed by atoms with Crippen molar-refractivity contribution in [2.75, 3.05) is 5.75 Å². The van der Waals surface area contributed by atoms with E-state index in [4.69, 9.17) is 5.11 Å². The van der Waals surface area contributed by atoms with Gasteiger partial charge >= 0.3 is 5.97 Å². The molecule has 0 heterocycles. The molecule has 0 unspecified atom stereocenters. The van der Waals surface area contributed by atoms with E-state index < -0.39 is 21.5 Å². The third kappa shape index (κ3) is 6.22. The molecule has 5 nitrogen and oxygen atoms in total. The van der Waals surface area contributed by atoms with Crippen molar-refractivity contribution in [3.05, 3.63) is 0 Å². The lowest BCUT2D eigenvalue weighted by Crippen LogP contribution is -2.47. The minimum Gasteiger partial charge on any atom is -0.481 e. The number of nitrogens with one attached hydrogen (secondary N) is 1. The molecule has 0 aliphatic heterocycles. The normalized spacial score (nSPS) is 19.8. The Morgan fingerprint density at radius 1 is 1.25 bits per heavy atom. The van der Waals surface area contributed by atoms with E-state index in [1.165, 1.54) is 6.42 Å². The molecular weight excluding hydrogens is 278 g/mol. The molecule has 118 valence electrons. The molecule has 0 saturated heterocycles. The smallest absolute Gasteiger partial charge is 0.303 e. The van der Waals surface area contributed by atoms with Gasteiger partial charge in [0.15, 0.2) is 0 Å². The second-order valence-electron chi connectivity index (χ2n) is 7.01. The number of hydrogen-bond acceptors (Lipinski definition) is 3. The SMILES string of the molecule is CC1(CS(=O)(=O)NC(C)(C)CCC(=O)O)CCCCC1. The summed E-state index contributed by atoms with van der Waals surface area (Å²) in [5, 5.41) is 8.70. The van der Waals surface area contributed by atoms with Crippen LogP contribution in [0.2, 0.25) is 0 Å². The lowest BCUT2D eigenvalue weighted by Gasteiger charge is -2.35. The van der Waals surface area contributed by atoms with Gasteiger partial charge < -0.3 is 5.11 Å². The van der Waals surface area contributed by atoms with Crippen molar-refractivity contribution in [3.63, 3.8) is 0 Å². The van der Waals surface area contributed by atoms with Gasteiger partial charge in [-0.15, -0.1) is 0 Å². The highest BCUT2D eigenvalue weighted by atomic mass is 32.2. The highest BCUT2D eigenvalue weighted by Crippen LogP contribution is 2.37. The number of sulfonamides is 1. The summed E-state index contributed by atoms with van der Waals surface area (Å²) in [7, 11) is -3.39. The first-order chi connectivity index (χ1) is 9.04. The van der Waals surface area contributed by atoms with Crippen molar-refractivity contribution in [2.24, 2.45) is 5.41 Å². The van der Waals surface area contributed by atoms with E-state index in [9.17, 15) is 13.2 Å². The zero-order valence-electron chi connectivity index (χ0n) is 12.7. The molecule has 1 fully saturated rings. The van der Waals surface area contributed by atoms with E-state index in [0.717, 1.165) is 25.7 Å². The molecule has 0 atom stereocenters. The van der Waals surface area contributed by atoms with Crippen LogP contribution < -0.4 is 4.72 Å². The first-order valence-corrected chi connectivity index (χ1v) is 8.92. The molecular formula is C14H27NO4S. The maximum atomic E-state index is 12.3. The summed E-state index contributed by atoms with van der Waals surface area (Å²) in [6.45, 7) is 5.50. The molecule has 6 heteroatoms. The standard InChI is InChI=1S/C14H27NO4S/c1-13(2,10-7-12(16)17)15-20(18,19)11-14(3)8-5-4-6-9-14/h15H,4-11H2,1-3H3,(H,16,17). The van der Waals surface area contributed by atoms with Gasteiger partial charge in [0, 0.05) is 12.0 Å². The van der Waals surface area contributed by atoms with Crippen molar-refractivity contribution >= 4 is 16.0 Å². The number of aliphatic carboxylic acids is 1. The predicted octanol–water partition coefficient (Wildman–Crippen LogP) is 2.52. The quantitative estimate of drug-likeness (QED) is 0.757. The Morgan fingerprint density at radius 3 is 2.30 bits per heavy atom. The third-order valence-electron chi connectivity index (χ3n) is 3.99. The fraction of sp³-hybridized carbons (Fsp3) is 0.929. The fourth-order valence-corrected chi connectivity index (χ4v) is 5.16. The van der Waals surface area contributed by atoms with Crippen molar-refractivity contribution in [1.82, 2.24) is 4.72 Å². The Balaban J connectivity index is 2.62. The predicted molar refractivity (Wildman–Crippen MR) is 79.1 cm³/mol. The van der Waals surface area contributed by atoms with Crippen molar-refractivity contribution in [1.29, 1.82) is 0 Å². The van der Waals surface area contributed by atoms with Crippen LogP contribution in [0.3, 0.4) is 0 Å². The third-order valence-corrected chi connectivity index (χ3v) is 5.94. The molecule has 1 saturated carbocycles. The summed E-state index contributed by atoms with van der Waals surface area (Å²) in [5.74, 6) is -0.771. The van der Waals surface area contributed by atoms with Crippen LogP contribution in [-0.2, 0) is 14.8 Å². The average Bonchev–Trinajstić information content (AvgIpc) is 2.24. The van der Waals surface area contributed by atoms with Gasteiger partial charge in [-0.05, 0) is 38.5 Å². The Hall–Kier alpha value is -0.620. The number of hydrogen-bond donors (Lipinski definition) is 2. The second kappa shape index (κ2) is 6.43. The Morgan fingerprint density at radius 2 is 1.80 bits per heavy atom. The summed E-state index contributed by atoms with van der Waals surface area (Å²) in [5.41, 5.74) is -0.866. The highest BCUT2D eigenvalue weighted by molar-refractivity contribution is 7.89. The summed E-state index contributed by atoms with van der Waals surface area (Å²) in [6.07, 6.45) is 5.52. The molecule has 2 N–H and O–H groups in total. The molecule has 0 aromatic carbocycles. The molecule has 20 heavy (non-hydrogen) atoms. The molecule has 1 aliphatic carbocycles. The van der Waals surface area contributed by atoms with Crippen molar-refractivity contribution in [2.45, 2.75) is 71.3 Å². The van der Waals surface area contributed by atoms with Crippen molar-refractivity contribution < 1.29 is 18.3 Å². The zero-order valence-corrected chi connectivity index (χ0v) is 13.6. The molecule has 1 aliphatic rings. The summed E-state index contributed by atoms with van der Waals surface area (Å²) in [6, 6.07) is 0. The van der Waals surface area contributed by atoms with Gasteiger partial charge in [0.25, 0.3) is 0 Å². The fourth-order valence-electron chi connectivity index (χ4n) is 2.94. The van der Waals surface area contributed by atoms with Crippen LogP contribution in [-0.4, -0.2) is 30.8 Å². The highest BCUT2D eigenvalue weighted by Gasteiger charge is 2.34. The van der Waals surface area contributed by atoms with Gasteiger partial charge in [-0.25, -0.2) is 13.1 Å². The average molecular weight is 305 g/mol. The molecule has 0 radical (unpaired) electrons. The molecule has 0 aromatic rings. The molecule has 0 aromatic heterocycles. The lowest BCUT2D eigenvalue weighted by atomic mass is 9.77. The van der Waals surface area contributed by atoms with Crippen LogP contribution in [0.1, 0.15) is 65.7 Å². The van der Waals surface area contributed by atoms with Crippen LogP contribution in [0, 0.1) is 5.41 Å². The number of carbonyl (C=O) groups is 1. The Labute approximate surface area is 122 Å². The van der Waals surface area contributed by atoms with Gasteiger partial charge in [0.2, 0.25) is 10.0 Å². The first kappa shape index (κ1) is 17.4. The van der Waals surface area contributed by atoms with Crippen LogP contribution in [0.4, 0.5) is 0 Å². The Bertz CT molecular complexity index is 436. The number of carboxylic acids is 1. The maximum absolute atomic E-state index is 12.3. The van der Waals surface area contributed by atoms with Gasteiger partial charge in [-0.2, -0.15) is 0 Å². The van der Waals surface area contributed by atoms with Crippen LogP contribution in [0.15, 0.2) is 0 Å². The summed E-state index contributed by atoms with van der Waals surface area (Å²) in [4.78, 5) is 10.6. The molecule has 0 bridgehead atoms. The van der Waals surface area contributed by atoms with Gasteiger partial charge in [-0.1, -0.05) is 26.2 Å². The molecule has 0 spiro atoms. The first-order valence-electron chi connectivity index (χ1n) is 7.27. The van der Waals surface area contributed by atoms with E-state index in [1.54, 1.807) is 13.8 Å². The largest absolute Gasteiger partial charge is 0.481 e. The summed E-state index contributed by atoms with van der Waals surface area (Å²) >= 11 is 0. The lowest BCUT2D eigenvalue weighted by molar-refractivity contribution is -0.137. The maximum Gasteiger partial charge on any atom is 0.303 e. The second-order valence-corrected chi connectivity index (χ2v) is 8.73. The topological polar surface area (TPSA) is 83.5 Å². The van der Waals surface area contributed by atoms with Gasteiger partial charge in [0.1, 0.15) is 0 Å². The summed E-state index contributed by atoms with van der Waals surface area (Å²) < 4.78 is 27.3. The number of carboxylic acid groups (broad SMARTS) is 1. The van der Waals surface area contributed by atoms with E-state index >= 15 is 0 Å². The Kier molecular flexibility index (Phi) is 5.61. The van der Waals surface area contributed by atoms with E-state index in [-0.39, 0.29) is 24.0 Å². The van der Waals surface area contributed by atoms with Gasteiger partial charge in [0.05, 0.1) is 5.75 Å². The monoisotopic (exact) mass is 305 g/mol. The van der Waals surface area contributed by atoms with Crippen molar-refractivity contribution in [3.8, 4) is 0 Å². The minimum atomic E-state index is -3.39. The zero-order chi connectivity index (χ0) is 15.4. The molecule has 1 rings (SSSR count). The van der Waals surface area contributed by atoms with Gasteiger partial charge in [-0.3, -0.25) is 4.79 Å². The van der Waals surface area contributed by atoms with E-state index in [0.29, 0.717) is 0 Å². The van der Waals surface area contributed by atoms with E-state index in [2.05, 4.69) is 4.72 Å². The number of rotatable bonds is 7. The minimum absolute atomic E-state index is 0.0349.